The van der Waals surface area contributed by atoms with Crippen molar-refractivity contribution >= 4 is 62.5 Å². The summed E-state index contributed by atoms with van der Waals surface area (Å²) < 4.78 is 0.955. The molecule has 0 radical (unpaired) electrons. The normalized spacial score (nSPS) is 11.3. The molecule has 9 heteroatoms. The van der Waals surface area contributed by atoms with E-state index in [9.17, 15) is 0 Å². The lowest BCUT2D eigenvalue weighted by Crippen LogP contribution is -2.27. The highest BCUT2D eigenvalue weighted by molar-refractivity contribution is 9.10. The Labute approximate surface area is 129 Å². The number of benzene rings is 1. The molecule has 6 N–H and O–H groups in total. The van der Waals surface area contributed by atoms with E-state index in [1.165, 1.54) is 6.21 Å². The second-order valence-corrected chi connectivity index (χ2v) is 5.01. The molecular formula is C10H11BrN6S2. The number of nitrogens with one attached hydrogen (secondary N) is 2. The Balaban J connectivity index is 2.94. The highest BCUT2D eigenvalue weighted by Gasteiger charge is 2.01. The summed E-state index contributed by atoms with van der Waals surface area (Å²) in [5, 5.41) is 8.00. The van der Waals surface area contributed by atoms with Crippen LogP contribution < -0.4 is 22.3 Å². The maximum absolute atomic E-state index is 5.32. The van der Waals surface area contributed by atoms with Crippen LogP contribution in [0.2, 0.25) is 0 Å². The molecule has 1 aromatic carbocycles. The van der Waals surface area contributed by atoms with Gasteiger partial charge in [-0.1, -0.05) is 28.1 Å². The van der Waals surface area contributed by atoms with E-state index in [-0.39, 0.29) is 10.2 Å². The van der Waals surface area contributed by atoms with Crippen LogP contribution in [0.1, 0.15) is 5.56 Å². The monoisotopic (exact) mass is 358 g/mol. The second-order valence-electron chi connectivity index (χ2n) is 3.21. The smallest absolute Gasteiger partial charge is 0.184 e. The molecule has 0 aliphatic heterocycles. The molecule has 0 bridgehead atoms. The zero-order valence-electron chi connectivity index (χ0n) is 9.63. The van der Waals surface area contributed by atoms with E-state index in [2.05, 4.69) is 61.4 Å². The first-order valence-corrected chi connectivity index (χ1v) is 6.57. The van der Waals surface area contributed by atoms with E-state index < -0.39 is 0 Å². The number of hydrogen-bond donors (Lipinski definition) is 4. The fourth-order valence-electron chi connectivity index (χ4n) is 1.06. The summed E-state index contributed by atoms with van der Waals surface area (Å²) in [5.41, 5.74) is 16.9. The van der Waals surface area contributed by atoms with Crippen LogP contribution in [0.3, 0.4) is 0 Å². The molecule has 19 heavy (non-hydrogen) atoms. The Hall–Kier alpha value is -1.58. The van der Waals surface area contributed by atoms with Crippen LogP contribution in [0.4, 0.5) is 0 Å². The summed E-state index contributed by atoms with van der Waals surface area (Å²) in [4.78, 5) is 0. The van der Waals surface area contributed by atoms with Crippen molar-refractivity contribution in [1.29, 1.82) is 0 Å². The van der Waals surface area contributed by atoms with Gasteiger partial charge < -0.3 is 11.5 Å². The molecule has 0 aromatic heterocycles. The van der Waals surface area contributed by atoms with Gasteiger partial charge in [0.15, 0.2) is 10.2 Å². The van der Waals surface area contributed by atoms with Gasteiger partial charge >= 0.3 is 0 Å². The van der Waals surface area contributed by atoms with E-state index in [1.807, 2.05) is 24.3 Å². The Kier molecular flexibility index (Phi) is 6.33. The molecule has 0 aliphatic carbocycles. The fourth-order valence-corrected chi connectivity index (χ4v) is 1.42. The third-order valence-electron chi connectivity index (χ3n) is 1.79. The Morgan fingerprint density at radius 3 is 2.21 bits per heavy atom. The van der Waals surface area contributed by atoms with Crippen molar-refractivity contribution in [3.8, 4) is 0 Å². The SMILES string of the molecule is NC(=S)N/N=C\C(=N\NC(N)=S)c1ccc(Br)cc1. The topological polar surface area (TPSA) is 101 Å². The van der Waals surface area contributed by atoms with Crippen LogP contribution >= 0.6 is 40.4 Å². The van der Waals surface area contributed by atoms with E-state index in [4.69, 9.17) is 11.5 Å². The van der Waals surface area contributed by atoms with Crippen molar-refractivity contribution in [3.63, 3.8) is 0 Å². The van der Waals surface area contributed by atoms with Gasteiger partial charge in [0.05, 0.1) is 6.21 Å². The van der Waals surface area contributed by atoms with Gasteiger partial charge in [0.25, 0.3) is 0 Å². The van der Waals surface area contributed by atoms with Crippen LogP contribution in [0.15, 0.2) is 38.9 Å². The first-order chi connectivity index (χ1) is 8.99. The molecule has 100 valence electrons. The van der Waals surface area contributed by atoms with Crippen LogP contribution in [0.25, 0.3) is 0 Å². The number of halogens is 1. The summed E-state index contributed by atoms with van der Waals surface area (Å²) in [6, 6.07) is 7.47. The first-order valence-electron chi connectivity index (χ1n) is 4.96. The Morgan fingerprint density at radius 2 is 1.68 bits per heavy atom. The number of nitrogens with two attached hydrogens (primary N) is 2. The van der Waals surface area contributed by atoms with Gasteiger partial charge in [-0.25, -0.2) is 0 Å². The molecule has 0 aliphatic rings. The van der Waals surface area contributed by atoms with Gasteiger partial charge in [0.2, 0.25) is 0 Å². The summed E-state index contributed by atoms with van der Waals surface area (Å²) in [7, 11) is 0. The number of hydrogen-bond acceptors (Lipinski definition) is 4. The number of hydrazone groups is 2. The van der Waals surface area contributed by atoms with Crippen molar-refractivity contribution in [2.75, 3.05) is 0 Å². The lowest BCUT2D eigenvalue weighted by Gasteiger charge is -2.03. The van der Waals surface area contributed by atoms with E-state index >= 15 is 0 Å². The van der Waals surface area contributed by atoms with Crippen molar-refractivity contribution < 1.29 is 0 Å². The fraction of sp³-hybridized carbons (Fsp3) is 0. The molecule has 0 saturated heterocycles. The lowest BCUT2D eigenvalue weighted by atomic mass is 10.1. The summed E-state index contributed by atoms with van der Waals surface area (Å²) in [6.07, 6.45) is 1.45. The molecule has 0 amide bonds. The first kappa shape index (κ1) is 15.5. The van der Waals surface area contributed by atoms with Crippen LogP contribution in [-0.2, 0) is 0 Å². The summed E-state index contributed by atoms with van der Waals surface area (Å²) in [5.74, 6) is 0. The maximum atomic E-state index is 5.32. The highest BCUT2D eigenvalue weighted by Crippen LogP contribution is 2.10. The standard InChI is InChI=1S/C10H11BrN6S2/c11-7-3-1-6(2-4-7)8(15-17-10(13)19)5-14-16-9(12)18/h1-5H,(H3,12,16,18)(H3,13,17,19)/b14-5-,15-8-. The number of thiocarbonyl (C=S) groups is 2. The predicted molar refractivity (Wildman–Crippen MR) is 89.0 cm³/mol. The average Bonchev–Trinajstić information content (AvgIpc) is 2.34. The van der Waals surface area contributed by atoms with Crippen molar-refractivity contribution in [3.05, 3.63) is 34.3 Å². The third-order valence-corrected chi connectivity index (χ3v) is 2.50. The molecule has 1 rings (SSSR count). The minimum absolute atomic E-state index is 0.0605. The molecule has 1 aromatic rings. The molecule has 0 spiro atoms. The lowest BCUT2D eigenvalue weighted by molar-refractivity contribution is 1.03. The van der Waals surface area contributed by atoms with Crippen LogP contribution in [0.5, 0.6) is 0 Å². The van der Waals surface area contributed by atoms with Crippen molar-refractivity contribution in [1.82, 2.24) is 10.9 Å². The molecule has 0 saturated carbocycles. The zero-order valence-corrected chi connectivity index (χ0v) is 12.8. The Bertz CT molecular complexity index is 525. The molecule has 0 atom stereocenters. The minimum atomic E-state index is 0.0605. The zero-order chi connectivity index (χ0) is 14.3. The second kappa shape index (κ2) is 7.77. The van der Waals surface area contributed by atoms with Crippen LogP contribution in [0, 0.1) is 0 Å². The molecule has 6 nitrogen and oxygen atoms in total. The minimum Gasteiger partial charge on any atom is -0.375 e. The van der Waals surface area contributed by atoms with Gasteiger partial charge in [0, 0.05) is 10.0 Å². The molecular weight excluding hydrogens is 348 g/mol. The van der Waals surface area contributed by atoms with Crippen LogP contribution in [-0.4, -0.2) is 22.2 Å². The van der Waals surface area contributed by atoms with E-state index in [1.54, 1.807) is 0 Å². The Morgan fingerprint density at radius 1 is 1.11 bits per heavy atom. The third kappa shape index (κ3) is 6.22. The van der Waals surface area contributed by atoms with Gasteiger partial charge in [-0.15, -0.1) is 0 Å². The quantitative estimate of drug-likeness (QED) is 0.361. The summed E-state index contributed by atoms with van der Waals surface area (Å²) in [6.45, 7) is 0. The van der Waals surface area contributed by atoms with Crippen molar-refractivity contribution in [2.24, 2.45) is 21.7 Å². The summed E-state index contributed by atoms with van der Waals surface area (Å²) >= 11 is 12.7. The number of rotatable bonds is 4. The highest BCUT2D eigenvalue weighted by atomic mass is 79.9. The molecule has 0 heterocycles. The average molecular weight is 359 g/mol. The molecule has 0 unspecified atom stereocenters. The van der Waals surface area contributed by atoms with E-state index in [0.717, 1.165) is 10.0 Å². The maximum Gasteiger partial charge on any atom is 0.184 e. The van der Waals surface area contributed by atoms with Gasteiger partial charge in [0.1, 0.15) is 5.71 Å². The molecule has 0 fully saturated rings. The van der Waals surface area contributed by atoms with Gasteiger partial charge in [-0.2, -0.15) is 10.2 Å². The van der Waals surface area contributed by atoms with Gasteiger partial charge in [-0.3, -0.25) is 10.9 Å². The largest absolute Gasteiger partial charge is 0.375 e. The predicted octanol–water partition coefficient (Wildman–Crippen LogP) is 0.805. The van der Waals surface area contributed by atoms with Gasteiger partial charge in [-0.05, 0) is 36.6 Å². The number of nitrogens with zero attached hydrogens (tertiary/aromatic N) is 2. The van der Waals surface area contributed by atoms with E-state index in [0.29, 0.717) is 5.71 Å². The van der Waals surface area contributed by atoms with Crippen molar-refractivity contribution in [2.45, 2.75) is 0 Å².